The van der Waals surface area contributed by atoms with E-state index in [4.69, 9.17) is 11.6 Å². The fraction of sp³-hybridized carbons (Fsp3) is 0.438. The van der Waals surface area contributed by atoms with E-state index in [0.717, 1.165) is 54.3 Å². The number of β-amino-alcohol motifs (C(OH)–C–C–N with tert-alkyl or cyclic N) is 1. The highest BCUT2D eigenvalue weighted by molar-refractivity contribution is 6.30. The number of fused-ring (bicyclic) bond motifs is 1. The number of nitrogens with zero attached hydrogens (tertiary/aromatic N) is 2. The standard InChI is InChI=1S/C16H18ClN3O/c17-14-3-1-2-11(6-14)15-12(8-18-19-15)9-20-5-4-13-7-16(13,21)10-20/h1-3,6,8,13,21H,4-5,7,9-10H2,(H,18,19)/t13-,16+/m1/s1. The van der Waals surface area contributed by atoms with Gasteiger partial charge in [-0.3, -0.25) is 10.00 Å². The van der Waals surface area contributed by atoms with E-state index in [2.05, 4.69) is 15.1 Å². The van der Waals surface area contributed by atoms with Crippen molar-refractivity contribution < 1.29 is 5.11 Å². The van der Waals surface area contributed by atoms with Crippen LogP contribution in [0.3, 0.4) is 0 Å². The lowest BCUT2D eigenvalue weighted by molar-refractivity contribution is 0.0469. The molecule has 110 valence electrons. The molecule has 0 amide bonds. The van der Waals surface area contributed by atoms with E-state index in [1.165, 1.54) is 0 Å². The Kier molecular flexibility index (Phi) is 3.06. The van der Waals surface area contributed by atoms with Crippen molar-refractivity contribution in [2.75, 3.05) is 13.1 Å². The van der Waals surface area contributed by atoms with Gasteiger partial charge >= 0.3 is 0 Å². The summed E-state index contributed by atoms with van der Waals surface area (Å²) in [6.07, 6.45) is 3.94. The zero-order valence-electron chi connectivity index (χ0n) is 11.7. The van der Waals surface area contributed by atoms with E-state index in [1.54, 1.807) is 0 Å². The van der Waals surface area contributed by atoms with Crippen LogP contribution >= 0.6 is 11.6 Å². The first-order valence-electron chi connectivity index (χ1n) is 7.37. The van der Waals surface area contributed by atoms with E-state index >= 15 is 0 Å². The smallest absolute Gasteiger partial charge is 0.0807 e. The molecule has 21 heavy (non-hydrogen) atoms. The molecule has 2 heterocycles. The number of hydrogen-bond donors (Lipinski definition) is 2. The highest BCUT2D eigenvalue weighted by Crippen LogP contribution is 2.49. The van der Waals surface area contributed by atoms with Gasteiger partial charge in [0.2, 0.25) is 0 Å². The van der Waals surface area contributed by atoms with Crippen LogP contribution in [0.5, 0.6) is 0 Å². The molecule has 5 heteroatoms. The van der Waals surface area contributed by atoms with Crippen molar-refractivity contribution in [1.82, 2.24) is 15.1 Å². The molecule has 1 saturated heterocycles. The van der Waals surface area contributed by atoms with Crippen molar-refractivity contribution in [3.63, 3.8) is 0 Å². The number of nitrogens with one attached hydrogen (secondary N) is 1. The molecule has 2 aliphatic rings. The zero-order valence-corrected chi connectivity index (χ0v) is 12.5. The minimum absolute atomic E-state index is 0.418. The molecule has 2 N–H and O–H groups in total. The molecule has 0 spiro atoms. The second kappa shape index (κ2) is 4.83. The van der Waals surface area contributed by atoms with Gasteiger partial charge in [0.15, 0.2) is 0 Å². The van der Waals surface area contributed by atoms with Crippen LogP contribution in [-0.2, 0) is 6.54 Å². The summed E-state index contributed by atoms with van der Waals surface area (Å²) in [7, 11) is 0. The SMILES string of the molecule is O[C@]12C[C@H]1CCN(Cc1cn[nH]c1-c1cccc(Cl)c1)C2. The van der Waals surface area contributed by atoms with Crippen LogP contribution in [0.2, 0.25) is 5.02 Å². The van der Waals surface area contributed by atoms with E-state index in [1.807, 2.05) is 30.5 Å². The number of likely N-dealkylation sites (tertiary alicyclic amines) is 1. The maximum absolute atomic E-state index is 10.3. The van der Waals surface area contributed by atoms with Crippen molar-refractivity contribution >= 4 is 11.6 Å². The molecule has 2 aromatic rings. The summed E-state index contributed by atoms with van der Waals surface area (Å²) >= 11 is 6.07. The second-order valence-corrected chi connectivity index (χ2v) is 6.72. The van der Waals surface area contributed by atoms with Gasteiger partial charge in [-0.15, -0.1) is 0 Å². The zero-order chi connectivity index (χ0) is 14.4. The lowest BCUT2D eigenvalue weighted by Gasteiger charge is -2.29. The van der Waals surface area contributed by atoms with Gasteiger partial charge in [-0.25, -0.2) is 0 Å². The Balaban J connectivity index is 1.55. The number of aromatic amines is 1. The number of aliphatic hydroxyl groups is 1. The predicted octanol–water partition coefficient (Wildman–Crippen LogP) is 2.69. The third-order valence-corrected chi connectivity index (χ3v) is 4.95. The largest absolute Gasteiger partial charge is 0.388 e. The quantitative estimate of drug-likeness (QED) is 0.916. The molecule has 0 unspecified atom stereocenters. The number of hydrogen-bond acceptors (Lipinski definition) is 3. The Labute approximate surface area is 128 Å². The maximum Gasteiger partial charge on any atom is 0.0807 e. The molecule has 0 bridgehead atoms. The van der Waals surface area contributed by atoms with Crippen molar-refractivity contribution in [3.05, 3.63) is 41.0 Å². The lowest BCUT2D eigenvalue weighted by atomic mass is 10.1. The van der Waals surface area contributed by atoms with Crippen molar-refractivity contribution in [2.24, 2.45) is 5.92 Å². The predicted molar refractivity (Wildman–Crippen MR) is 82.0 cm³/mol. The molecule has 4 nitrogen and oxygen atoms in total. The highest BCUT2D eigenvalue weighted by atomic mass is 35.5. The molecular weight excluding hydrogens is 286 g/mol. The normalized spacial score (nSPS) is 28.4. The van der Waals surface area contributed by atoms with Gasteiger partial charge in [0, 0.05) is 29.2 Å². The molecule has 2 atom stereocenters. The number of halogens is 1. The van der Waals surface area contributed by atoms with Gasteiger partial charge in [-0.1, -0.05) is 23.7 Å². The van der Waals surface area contributed by atoms with Crippen LogP contribution in [0.4, 0.5) is 0 Å². The van der Waals surface area contributed by atoms with Gasteiger partial charge in [0.1, 0.15) is 0 Å². The molecule has 1 aliphatic heterocycles. The summed E-state index contributed by atoms with van der Waals surface area (Å²) in [5.74, 6) is 0.533. The van der Waals surface area contributed by atoms with Gasteiger partial charge < -0.3 is 5.11 Å². The average molecular weight is 304 g/mol. The fourth-order valence-electron chi connectivity index (χ4n) is 3.44. The topological polar surface area (TPSA) is 52.1 Å². The van der Waals surface area contributed by atoms with Crippen LogP contribution in [0.1, 0.15) is 18.4 Å². The monoisotopic (exact) mass is 303 g/mol. The molecule has 1 saturated carbocycles. The summed E-state index contributed by atoms with van der Waals surface area (Å²) in [5, 5.41) is 18.3. The fourth-order valence-corrected chi connectivity index (χ4v) is 3.63. The molecule has 1 aliphatic carbocycles. The van der Waals surface area contributed by atoms with Crippen molar-refractivity contribution in [2.45, 2.75) is 25.0 Å². The van der Waals surface area contributed by atoms with E-state index in [-0.39, 0.29) is 0 Å². The van der Waals surface area contributed by atoms with Crippen molar-refractivity contribution in [3.8, 4) is 11.3 Å². The first-order chi connectivity index (χ1) is 10.1. The van der Waals surface area contributed by atoms with E-state index < -0.39 is 5.60 Å². The Hall–Kier alpha value is -1.36. The maximum atomic E-state index is 10.3. The number of rotatable bonds is 3. The van der Waals surface area contributed by atoms with Gasteiger partial charge in [0.05, 0.1) is 17.5 Å². The third-order valence-electron chi connectivity index (χ3n) is 4.72. The van der Waals surface area contributed by atoms with Gasteiger partial charge in [-0.2, -0.15) is 5.10 Å². The Bertz CT molecular complexity index is 671. The number of H-pyrrole nitrogens is 1. The minimum Gasteiger partial charge on any atom is -0.388 e. The summed E-state index contributed by atoms with van der Waals surface area (Å²) in [5.41, 5.74) is 2.80. The molecule has 2 fully saturated rings. The van der Waals surface area contributed by atoms with Crippen molar-refractivity contribution in [1.29, 1.82) is 0 Å². The Morgan fingerprint density at radius 2 is 2.38 bits per heavy atom. The molecule has 0 radical (unpaired) electrons. The first-order valence-corrected chi connectivity index (χ1v) is 7.75. The van der Waals surface area contributed by atoms with Crippen LogP contribution in [0.25, 0.3) is 11.3 Å². The van der Waals surface area contributed by atoms with E-state index in [0.29, 0.717) is 5.92 Å². The summed E-state index contributed by atoms with van der Waals surface area (Å²) in [6.45, 7) is 2.64. The second-order valence-electron chi connectivity index (χ2n) is 6.28. The van der Waals surface area contributed by atoms with Crippen LogP contribution in [0.15, 0.2) is 30.5 Å². The summed E-state index contributed by atoms with van der Waals surface area (Å²) in [6, 6.07) is 7.79. The first kappa shape index (κ1) is 13.3. The van der Waals surface area contributed by atoms with Gasteiger partial charge in [-0.05, 0) is 37.4 Å². The van der Waals surface area contributed by atoms with E-state index in [9.17, 15) is 5.11 Å². The van der Waals surface area contributed by atoms with Crippen LogP contribution in [0, 0.1) is 5.92 Å². The Morgan fingerprint density at radius 3 is 3.19 bits per heavy atom. The molecule has 4 rings (SSSR count). The van der Waals surface area contributed by atoms with Gasteiger partial charge in [0.25, 0.3) is 0 Å². The minimum atomic E-state index is -0.418. The summed E-state index contributed by atoms with van der Waals surface area (Å²) < 4.78 is 0. The molecule has 1 aromatic heterocycles. The number of aromatic nitrogens is 2. The molecular formula is C16H18ClN3O. The number of benzene rings is 1. The summed E-state index contributed by atoms with van der Waals surface area (Å²) in [4.78, 5) is 2.32. The number of piperidine rings is 1. The van der Waals surface area contributed by atoms with Crippen LogP contribution in [-0.4, -0.2) is 38.9 Å². The molecule has 1 aromatic carbocycles. The van der Waals surface area contributed by atoms with Crippen LogP contribution < -0.4 is 0 Å². The average Bonchev–Trinajstić information content (AvgIpc) is 2.91. The lowest BCUT2D eigenvalue weighted by Crippen LogP contribution is -2.39. The third kappa shape index (κ3) is 2.48. The Morgan fingerprint density at radius 1 is 1.48 bits per heavy atom. The highest BCUT2D eigenvalue weighted by Gasteiger charge is 2.55.